The summed E-state index contributed by atoms with van der Waals surface area (Å²) in [5, 5.41) is 2.98. The van der Waals surface area contributed by atoms with E-state index in [0.717, 1.165) is 0 Å². The summed E-state index contributed by atoms with van der Waals surface area (Å²) in [4.78, 5) is 25.6. The van der Waals surface area contributed by atoms with E-state index in [4.69, 9.17) is 22.1 Å². The number of rotatable bonds is 4. The molecular weight excluding hydrogens is 329 g/mol. The van der Waals surface area contributed by atoms with E-state index in [1.54, 1.807) is 17.0 Å². The van der Waals surface area contributed by atoms with E-state index in [1.165, 1.54) is 6.07 Å². The molecule has 1 aromatic rings. The van der Waals surface area contributed by atoms with E-state index in [9.17, 15) is 9.59 Å². The molecule has 0 radical (unpaired) electrons. The minimum atomic E-state index is -0.310. The highest BCUT2D eigenvalue weighted by Gasteiger charge is 2.17. The van der Waals surface area contributed by atoms with E-state index in [2.05, 4.69) is 5.32 Å². The molecule has 122 valence electrons. The highest BCUT2D eigenvalue weighted by molar-refractivity contribution is 6.34. The lowest BCUT2D eigenvalue weighted by Crippen LogP contribution is -2.42. The number of anilines is 1. The minimum Gasteiger partial charge on any atom is -0.399 e. The van der Waals surface area contributed by atoms with Crippen LogP contribution in [-0.2, 0) is 9.53 Å². The van der Waals surface area contributed by atoms with Crippen LogP contribution < -0.4 is 11.1 Å². The van der Waals surface area contributed by atoms with Crippen molar-refractivity contribution in [2.45, 2.75) is 6.42 Å². The molecule has 1 fully saturated rings. The SMILES string of the molecule is Cl.Nc1ccc(C(=O)NCCC(=O)N2CCOCC2)c(Cl)c1. The fraction of sp³-hybridized carbons (Fsp3) is 0.429. The molecule has 0 saturated carbocycles. The maximum Gasteiger partial charge on any atom is 0.252 e. The summed E-state index contributed by atoms with van der Waals surface area (Å²) in [6.45, 7) is 2.63. The zero-order valence-corrected chi connectivity index (χ0v) is 13.6. The topological polar surface area (TPSA) is 84.7 Å². The Morgan fingerprint density at radius 3 is 2.64 bits per heavy atom. The summed E-state index contributed by atoms with van der Waals surface area (Å²) in [5.74, 6) is -0.295. The van der Waals surface area contributed by atoms with Crippen molar-refractivity contribution in [1.29, 1.82) is 0 Å². The zero-order valence-electron chi connectivity index (χ0n) is 12.0. The van der Waals surface area contributed by atoms with E-state index in [1.807, 2.05) is 0 Å². The summed E-state index contributed by atoms with van der Waals surface area (Å²) in [6.07, 6.45) is 0.262. The number of halogens is 2. The molecule has 1 saturated heterocycles. The normalized spacial score (nSPS) is 14.1. The second-order valence-electron chi connectivity index (χ2n) is 4.74. The number of nitrogens with one attached hydrogen (secondary N) is 1. The largest absolute Gasteiger partial charge is 0.399 e. The number of carbonyl (C=O) groups is 2. The van der Waals surface area contributed by atoms with E-state index in [0.29, 0.717) is 42.6 Å². The maximum absolute atomic E-state index is 12.0. The summed E-state index contributed by atoms with van der Waals surface area (Å²) in [5.41, 5.74) is 6.42. The zero-order chi connectivity index (χ0) is 15.2. The molecule has 1 aliphatic heterocycles. The lowest BCUT2D eigenvalue weighted by atomic mass is 10.2. The van der Waals surface area contributed by atoms with Crippen LogP contribution in [0, 0.1) is 0 Å². The molecule has 0 aromatic heterocycles. The predicted octanol–water partition coefficient (Wildman–Crippen LogP) is 1.32. The van der Waals surface area contributed by atoms with Gasteiger partial charge in [0, 0.05) is 31.7 Å². The molecule has 0 spiro atoms. The predicted molar refractivity (Wildman–Crippen MR) is 87.5 cm³/mol. The number of hydrogen-bond donors (Lipinski definition) is 2. The number of ether oxygens (including phenoxy) is 1. The van der Waals surface area contributed by atoms with Crippen molar-refractivity contribution < 1.29 is 14.3 Å². The molecule has 2 rings (SSSR count). The third-order valence-electron chi connectivity index (χ3n) is 3.23. The van der Waals surface area contributed by atoms with Crippen molar-refractivity contribution >= 4 is 41.5 Å². The van der Waals surface area contributed by atoms with Crippen molar-refractivity contribution in [3.63, 3.8) is 0 Å². The van der Waals surface area contributed by atoms with Gasteiger partial charge in [-0.2, -0.15) is 0 Å². The van der Waals surface area contributed by atoms with Gasteiger partial charge in [-0.1, -0.05) is 11.6 Å². The Morgan fingerprint density at radius 1 is 1.32 bits per heavy atom. The van der Waals surface area contributed by atoms with Gasteiger partial charge in [-0.05, 0) is 18.2 Å². The van der Waals surface area contributed by atoms with Crippen molar-refractivity contribution in [1.82, 2.24) is 10.2 Å². The van der Waals surface area contributed by atoms with E-state index >= 15 is 0 Å². The monoisotopic (exact) mass is 347 g/mol. The standard InChI is InChI=1S/C14H18ClN3O3.ClH/c15-12-9-10(16)1-2-11(12)14(20)17-4-3-13(19)18-5-7-21-8-6-18;/h1-2,9H,3-8,16H2,(H,17,20);1H. The van der Waals surface area contributed by atoms with Crippen LogP contribution in [0.1, 0.15) is 16.8 Å². The molecule has 0 bridgehead atoms. The van der Waals surface area contributed by atoms with Crippen molar-refractivity contribution in [3.8, 4) is 0 Å². The number of carbonyl (C=O) groups excluding carboxylic acids is 2. The number of benzene rings is 1. The van der Waals surface area contributed by atoms with Crippen LogP contribution in [0.2, 0.25) is 5.02 Å². The van der Waals surface area contributed by atoms with Crippen molar-refractivity contribution in [2.75, 3.05) is 38.6 Å². The molecule has 1 aliphatic rings. The molecule has 1 heterocycles. The average Bonchev–Trinajstić information content (AvgIpc) is 2.47. The third kappa shape index (κ3) is 5.05. The smallest absolute Gasteiger partial charge is 0.252 e. The van der Waals surface area contributed by atoms with Crippen molar-refractivity contribution in [3.05, 3.63) is 28.8 Å². The molecular formula is C14H19Cl2N3O3. The highest BCUT2D eigenvalue weighted by atomic mass is 35.5. The van der Waals surface area contributed by atoms with Gasteiger partial charge in [0.2, 0.25) is 5.91 Å². The third-order valence-corrected chi connectivity index (χ3v) is 3.54. The molecule has 8 heteroatoms. The highest BCUT2D eigenvalue weighted by Crippen LogP contribution is 2.18. The number of amides is 2. The summed E-state index contributed by atoms with van der Waals surface area (Å²) in [6, 6.07) is 4.70. The number of morpholine rings is 1. The molecule has 0 unspecified atom stereocenters. The lowest BCUT2D eigenvalue weighted by molar-refractivity contribution is -0.135. The maximum atomic E-state index is 12.0. The molecule has 0 aliphatic carbocycles. The first-order valence-corrected chi connectivity index (χ1v) is 7.14. The first kappa shape index (κ1) is 18.5. The number of nitrogens with two attached hydrogens (primary N) is 1. The van der Waals surface area contributed by atoms with E-state index < -0.39 is 0 Å². The van der Waals surface area contributed by atoms with Crippen LogP contribution in [-0.4, -0.2) is 49.6 Å². The summed E-state index contributed by atoms with van der Waals surface area (Å²) < 4.78 is 5.18. The Morgan fingerprint density at radius 2 is 2.00 bits per heavy atom. The number of hydrogen-bond acceptors (Lipinski definition) is 4. The van der Waals surface area contributed by atoms with Crippen LogP contribution in [0.5, 0.6) is 0 Å². The molecule has 2 amide bonds. The molecule has 6 nitrogen and oxygen atoms in total. The van der Waals surface area contributed by atoms with Gasteiger partial charge in [0.25, 0.3) is 5.91 Å². The average molecular weight is 348 g/mol. The van der Waals surface area contributed by atoms with Crippen molar-refractivity contribution in [2.24, 2.45) is 0 Å². The Bertz CT molecular complexity index is 534. The Hall–Kier alpha value is -1.50. The first-order valence-electron chi connectivity index (χ1n) is 6.76. The number of nitrogen functional groups attached to an aromatic ring is 1. The first-order chi connectivity index (χ1) is 10.1. The van der Waals surface area contributed by atoms with Gasteiger partial charge >= 0.3 is 0 Å². The Labute approximate surface area is 140 Å². The van der Waals surface area contributed by atoms with Gasteiger partial charge in [-0.25, -0.2) is 0 Å². The minimum absolute atomic E-state index is 0. The molecule has 1 aromatic carbocycles. The van der Waals surface area contributed by atoms with Gasteiger partial charge in [0.15, 0.2) is 0 Å². The van der Waals surface area contributed by atoms with Gasteiger partial charge in [-0.3, -0.25) is 9.59 Å². The second-order valence-corrected chi connectivity index (χ2v) is 5.15. The van der Waals surface area contributed by atoms with E-state index in [-0.39, 0.29) is 37.2 Å². The van der Waals surface area contributed by atoms with Crippen LogP contribution in [0.15, 0.2) is 18.2 Å². The van der Waals surface area contributed by atoms with Gasteiger partial charge < -0.3 is 20.7 Å². The fourth-order valence-corrected chi connectivity index (χ4v) is 2.34. The Kier molecular flexibility index (Phi) is 7.44. The lowest BCUT2D eigenvalue weighted by Gasteiger charge is -2.26. The number of nitrogens with zero attached hydrogens (tertiary/aromatic N) is 1. The quantitative estimate of drug-likeness (QED) is 0.804. The van der Waals surface area contributed by atoms with Crippen LogP contribution in [0.25, 0.3) is 0 Å². The second kappa shape index (κ2) is 8.82. The molecule has 22 heavy (non-hydrogen) atoms. The molecule has 0 atom stereocenters. The van der Waals surface area contributed by atoms with Crippen LogP contribution in [0.3, 0.4) is 0 Å². The van der Waals surface area contributed by atoms with Gasteiger partial charge in [-0.15, -0.1) is 12.4 Å². The molecule has 3 N–H and O–H groups in total. The van der Waals surface area contributed by atoms with Gasteiger partial charge in [0.05, 0.1) is 23.8 Å². The van der Waals surface area contributed by atoms with Gasteiger partial charge in [0.1, 0.15) is 0 Å². The summed E-state index contributed by atoms with van der Waals surface area (Å²) in [7, 11) is 0. The fourth-order valence-electron chi connectivity index (χ4n) is 2.06. The van der Waals surface area contributed by atoms with Crippen LogP contribution in [0.4, 0.5) is 5.69 Å². The Balaban J connectivity index is 0.00000242. The summed E-state index contributed by atoms with van der Waals surface area (Å²) >= 11 is 5.96. The van der Waals surface area contributed by atoms with Crippen LogP contribution >= 0.6 is 24.0 Å².